The van der Waals surface area contributed by atoms with Crippen LogP contribution in [0.3, 0.4) is 0 Å². The lowest BCUT2D eigenvalue weighted by Gasteiger charge is -2.27. The van der Waals surface area contributed by atoms with E-state index in [0.29, 0.717) is 43.8 Å². The van der Waals surface area contributed by atoms with E-state index in [1.54, 1.807) is 24.7 Å². The third-order valence-electron chi connectivity index (χ3n) is 5.72. The molecule has 1 aliphatic rings. The lowest BCUT2D eigenvalue weighted by atomic mass is 10.1. The first-order chi connectivity index (χ1) is 17.4. The van der Waals surface area contributed by atoms with E-state index in [-0.39, 0.29) is 11.9 Å². The van der Waals surface area contributed by atoms with Crippen molar-refractivity contribution in [2.45, 2.75) is 83.7 Å². The fourth-order valence-electron chi connectivity index (χ4n) is 4.34. The maximum Gasteiger partial charge on any atom is 0.407 e. The molecule has 208 valence electrons. The van der Waals surface area contributed by atoms with Crippen molar-refractivity contribution in [1.29, 1.82) is 0 Å². The predicted molar refractivity (Wildman–Crippen MR) is 138 cm³/mol. The Labute approximate surface area is 217 Å². The van der Waals surface area contributed by atoms with Crippen molar-refractivity contribution in [2.75, 3.05) is 38.5 Å². The Hall–Kier alpha value is -2.58. The summed E-state index contributed by atoms with van der Waals surface area (Å²) in [5.41, 5.74) is 12.3. The number of nitrogen functional groups attached to an aromatic ring is 1. The number of nitrogens with zero attached hydrogens (tertiary/aromatic N) is 5. The van der Waals surface area contributed by atoms with Crippen LogP contribution in [-0.2, 0) is 14.2 Å². The number of aliphatic hydroxyl groups is 1. The van der Waals surface area contributed by atoms with Gasteiger partial charge in [-0.1, -0.05) is 0 Å². The van der Waals surface area contributed by atoms with Gasteiger partial charge < -0.3 is 36.1 Å². The van der Waals surface area contributed by atoms with Gasteiger partial charge in [0.05, 0.1) is 12.4 Å². The van der Waals surface area contributed by atoms with Crippen LogP contribution in [0.2, 0.25) is 0 Å². The molecule has 1 fully saturated rings. The van der Waals surface area contributed by atoms with Gasteiger partial charge in [0.2, 0.25) is 0 Å². The molecule has 2 aromatic rings. The second-order valence-electron chi connectivity index (χ2n) is 10.8. The van der Waals surface area contributed by atoms with Crippen LogP contribution < -0.4 is 16.8 Å². The topological polar surface area (TPSA) is 176 Å². The number of imidazole rings is 1. The molecule has 3 unspecified atom stereocenters. The molecule has 0 saturated carbocycles. The van der Waals surface area contributed by atoms with Crippen LogP contribution in [0.1, 0.15) is 60.1 Å². The number of anilines is 1. The highest BCUT2D eigenvalue weighted by molar-refractivity contribution is 5.81. The zero-order chi connectivity index (χ0) is 27.2. The molecule has 13 nitrogen and oxygen atoms in total. The fraction of sp³-hybridized carbons (Fsp3) is 0.750. The number of hydrogen-bond donors (Lipinski definition) is 4. The van der Waals surface area contributed by atoms with Crippen molar-refractivity contribution in [1.82, 2.24) is 29.7 Å². The van der Waals surface area contributed by atoms with Crippen LogP contribution in [-0.4, -0.2) is 91.9 Å². The van der Waals surface area contributed by atoms with Gasteiger partial charge in [0, 0.05) is 32.6 Å². The van der Waals surface area contributed by atoms with Crippen molar-refractivity contribution in [2.24, 2.45) is 5.73 Å². The first kappa shape index (κ1) is 29.0. The number of aromatic nitrogens is 4. The van der Waals surface area contributed by atoms with Crippen molar-refractivity contribution in [3.05, 3.63) is 12.7 Å². The highest BCUT2D eigenvalue weighted by atomic mass is 16.7. The summed E-state index contributed by atoms with van der Waals surface area (Å²) in [7, 11) is 0. The Morgan fingerprint density at radius 1 is 1.24 bits per heavy atom. The van der Waals surface area contributed by atoms with Gasteiger partial charge in [-0.15, -0.1) is 0 Å². The molecular weight excluding hydrogens is 480 g/mol. The first-order valence-electron chi connectivity index (χ1n) is 12.7. The number of amides is 1. The SMILES string of the molecule is CC(C)(C)OC(=O)NCCCCN(CCN)CC1CC(OC(C)(C)O)C(n2cnc3c(N)ncnc32)O1. The minimum absolute atomic E-state index is 0.166. The lowest BCUT2D eigenvalue weighted by molar-refractivity contribution is -0.222. The van der Waals surface area contributed by atoms with Gasteiger partial charge in [0.1, 0.15) is 23.5 Å². The molecule has 0 spiro atoms. The summed E-state index contributed by atoms with van der Waals surface area (Å²) < 4.78 is 19.4. The summed E-state index contributed by atoms with van der Waals surface area (Å²) in [6, 6.07) is 0. The molecule has 1 amide bonds. The molecule has 0 aromatic carbocycles. The van der Waals surface area contributed by atoms with E-state index in [0.717, 1.165) is 19.4 Å². The van der Waals surface area contributed by atoms with Crippen molar-refractivity contribution in [3.63, 3.8) is 0 Å². The Balaban J connectivity index is 1.60. The number of ether oxygens (including phenoxy) is 3. The highest BCUT2D eigenvalue weighted by Crippen LogP contribution is 2.35. The summed E-state index contributed by atoms with van der Waals surface area (Å²) >= 11 is 0. The Morgan fingerprint density at radius 3 is 2.68 bits per heavy atom. The lowest BCUT2D eigenvalue weighted by Crippen LogP contribution is -2.37. The number of rotatable bonds is 12. The van der Waals surface area contributed by atoms with E-state index in [1.165, 1.54) is 6.33 Å². The fourth-order valence-corrected chi connectivity index (χ4v) is 4.34. The second kappa shape index (κ2) is 12.3. The van der Waals surface area contributed by atoms with Gasteiger partial charge in [-0.05, 0) is 54.0 Å². The Morgan fingerprint density at radius 2 is 2.00 bits per heavy atom. The van der Waals surface area contributed by atoms with E-state index < -0.39 is 29.8 Å². The third-order valence-corrected chi connectivity index (χ3v) is 5.72. The standard InChI is InChI=1S/C24H42N8O5/c1-23(2,3)37-22(33)27-9-6-7-10-31(11-8-25)13-16-12-17(36-24(4,5)34)21(35-16)32-15-30-18-19(26)28-14-29-20(18)32/h14-17,21,34H,6-13,25H2,1-5H3,(H,27,33)(H2,26,28,29). The summed E-state index contributed by atoms with van der Waals surface area (Å²) in [6.07, 6.45) is 3.68. The molecule has 0 bridgehead atoms. The van der Waals surface area contributed by atoms with Crippen LogP contribution in [0.5, 0.6) is 0 Å². The van der Waals surface area contributed by atoms with E-state index in [9.17, 15) is 9.90 Å². The van der Waals surface area contributed by atoms with E-state index in [1.807, 2.05) is 20.8 Å². The number of hydrogen-bond acceptors (Lipinski definition) is 11. The normalized spacial score (nSPS) is 20.6. The number of nitrogens with one attached hydrogen (secondary N) is 1. The maximum atomic E-state index is 11.8. The van der Waals surface area contributed by atoms with Crippen LogP contribution in [0.25, 0.3) is 11.2 Å². The monoisotopic (exact) mass is 522 g/mol. The van der Waals surface area contributed by atoms with Crippen LogP contribution in [0.15, 0.2) is 12.7 Å². The first-order valence-corrected chi connectivity index (χ1v) is 12.7. The minimum atomic E-state index is -1.34. The molecule has 1 saturated heterocycles. The molecule has 0 aliphatic carbocycles. The molecule has 0 radical (unpaired) electrons. The van der Waals surface area contributed by atoms with Gasteiger partial charge in [0.25, 0.3) is 0 Å². The summed E-state index contributed by atoms with van der Waals surface area (Å²) in [4.78, 5) is 26.7. The van der Waals surface area contributed by atoms with Crippen LogP contribution >= 0.6 is 0 Å². The van der Waals surface area contributed by atoms with Gasteiger partial charge >= 0.3 is 6.09 Å². The highest BCUT2D eigenvalue weighted by Gasteiger charge is 2.41. The van der Waals surface area contributed by atoms with E-state index >= 15 is 0 Å². The number of carbonyl (C=O) groups is 1. The Bertz CT molecular complexity index is 1020. The summed E-state index contributed by atoms with van der Waals surface area (Å²) in [5.74, 6) is -1.06. The van der Waals surface area contributed by atoms with Gasteiger partial charge in [-0.2, -0.15) is 0 Å². The van der Waals surface area contributed by atoms with Crippen LogP contribution in [0, 0.1) is 0 Å². The van der Waals surface area contributed by atoms with Gasteiger partial charge in [0.15, 0.2) is 23.5 Å². The molecule has 3 atom stereocenters. The molecule has 37 heavy (non-hydrogen) atoms. The average molecular weight is 523 g/mol. The average Bonchev–Trinajstić information content (AvgIpc) is 3.35. The number of nitrogens with two attached hydrogens (primary N) is 2. The Kier molecular flexibility index (Phi) is 9.64. The largest absolute Gasteiger partial charge is 0.444 e. The summed E-state index contributed by atoms with van der Waals surface area (Å²) in [6.45, 7) is 11.9. The predicted octanol–water partition coefficient (Wildman–Crippen LogP) is 1.38. The molecule has 3 rings (SSSR count). The van der Waals surface area contributed by atoms with E-state index in [2.05, 4.69) is 25.2 Å². The third kappa shape index (κ3) is 8.75. The number of unbranched alkanes of at least 4 members (excludes halogenated alkanes) is 1. The molecule has 3 heterocycles. The minimum Gasteiger partial charge on any atom is -0.444 e. The number of fused-ring (bicyclic) bond motifs is 1. The van der Waals surface area contributed by atoms with E-state index in [4.69, 9.17) is 25.7 Å². The summed E-state index contributed by atoms with van der Waals surface area (Å²) in [5, 5.41) is 13.1. The van der Waals surface area contributed by atoms with Crippen molar-refractivity contribution >= 4 is 23.1 Å². The molecule has 1 aliphatic heterocycles. The molecule has 13 heteroatoms. The molecule has 6 N–H and O–H groups in total. The maximum absolute atomic E-state index is 11.8. The quantitative estimate of drug-likeness (QED) is 0.234. The van der Waals surface area contributed by atoms with Crippen molar-refractivity contribution < 1.29 is 24.1 Å². The molecular formula is C24H42N8O5. The zero-order valence-corrected chi connectivity index (χ0v) is 22.5. The molecule has 2 aromatic heterocycles. The number of carbonyl (C=O) groups excluding carboxylic acids is 1. The second-order valence-corrected chi connectivity index (χ2v) is 10.8. The smallest absolute Gasteiger partial charge is 0.407 e. The van der Waals surface area contributed by atoms with Crippen LogP contribution in [0.4, 0.5) is 10.6 Å². The number of alkyl carbamates (subject to hydrolysis) is 1. The zero-order valence-electron chi connectivity index (χ0n) is 22.5. The van der Waals surface area contributed by atoms with Gasteiger partial charge in [-0.3, -0.25) is 9.47 Å². The van der Waals surface area contributed by atoms with Gasteiger partial charge in [-0.25, -0.2) is 19.7 Å². The van der Waals surface area contributed by atoms with Crippen molar-refractivity contribution in [3.8, 4) is 0 Å².